The highest BCUT2D eigenvalue weighted by molar-refractivity contribution is 5.96. The average molecular weight is 412 g/mol. The Morgan fingerprint density at radius 2 is 1.73 bits per heavy atom. The van der Waals surface area contributed by atoms with Crippen LogP contribution in [-0.2, 0) is 4.79 Å². The number of rotatable bonds is 3. The van der Waals surface area contributed by atoms with Crippen LogP contribution in [0.2, 0.25) is 0 Å². The van der Waals surface area contributed by atoms with Crippen LogP contribution in [0, 0.1) is 0 Å². The van der Waals surface area contributed by atoms with Gasteiger partial charge in [-0.25, -0.2) is 4.79 Å². The summed E-state index contributed by atoms with van der Waals surface area (Å²) in [4.78, 5) is 42.3. The smallest absolute Gasteiger partial charge is 0.334 e. The van der Waals surface area contributed by atoms with E-state index in [-0.39, 0.29) is 11.6 Å². The second-order valence-electron chi connectivity index (χ2n) is 8.44. The molecule has 2 aromatic rings. The maximum atomic E-state index is 12.8. The zero-order chi connectivity index (χ0) is 21.3. The fourth-order valence-corrected chi connectivity index (χ4v) is 5.20. The summed E-state index contributed by atoms with van der Waals surface area (Å²) in [5.74, 6) is -1.02. The van der Waals surface area contributed by atoms with Gasteiger partial charge < -0.3 is 10.1 Å². The number of fused-ring (bicyclic) bond motifs is 1. The highest BCUT2D eigenvalue weighted by Crippen LogP contribution is 2.33. The van der Waals surface area contributed by atoms with E-state index in [0.717, 1.165) is 12.8 Å². The minimum atomic E-state index is -1.02. The van der Waals surface area contributed by atoms with Crippen molar-refractivity contribution >= 4 is 22.7 Å². The Morgan fingerprint density at radius 3 is 2.43 bits per heavy atom. The van der Waals surface area contributed by atoms with E-state index in [0.29, 0.717) is 35.7 Å². The molecule has 1 atom stereocenters. The van der Waals surface area contributed by atoms with E-state index in [1.54, 1.807) is 24.3 Å². The topological polar surface area (TPSA) is 95.4 Å². The Labute approximate surface area is 175 Å². The summed E-state index contributed by atoms with van der Waals surface area (Å²) >= 11 is 0. The maximum Gasteiger partial charge on any atom is 0.334 e. The van der Waals surface area contributed by atoms with Gasteiger partial charge in [-0.1, -0.05) is 44.2 Å². The Hall–Kier alpha value is -2.67. The van der Waals surface area contributed by atoms with E-state index in [1.165, 1.54) is 36.7 Å². The second kappa shape index (κ2) is 8.60. The normalized spacial score (nSPS) is 22.1. The van der Waals surface area contributed by atoms with Gasteiger partial charge in [0, 0.05) is 30.7 Å². The van der Waals surface area contributed by atoms with Gasteiger partial charge in [-0.05, 0) is 31.9 Å². The monoisotopic (exact) mass is 411 g/mol. The summed E-state index contributed by atoms with van der Waals surface area (Å²) < 4.78 is 1.32. The van der Waals surface area contributed by atoms with Gasteiger partial charge in [0.05, 0.1) is 16.6 Å². The van der Waals surface area contributed by atoms with Gasteiger partial charge in [0.2, 0.25) is 0 Å². The molecule has 1 aliphatic carbocycles. The van der Waals surface area contributed by atoms with Gasteiger partial charge in [0.25, 0.3) is 0 Å². The van der Waals surface area contributed by atoms with E-state index in [1.807, 2.05) is 6.92 Å². The van der Waals surface area contributed by atoms with Crippen molar-refractivity contribution < 1.29 is 9.90 Å². The number of benzene rings is 1. The number of aromatic nitrogens is 2. The van der Waals surface area contributed by atoms with Crippen molar-refractivity contribution in [2.45, 2.75) is 70.4 Å². The van der Waals surface area contributed by atoms with Gasteiger partial charge in [-0.15, -0.1) is 0 Å². The zero-order valence-electron chi connectivity index (χ0n) is 17.4. The molecule has 1 fully saturated rings. The standard InChI is InChI=1S/C23H29N3O4/c1-15-20(23(29)30)19(13-14-25(15)16-9-5-3-2-4-6-10-16)26-18-12-8-7-11-17(18)24-21(27)22(26)28/h7-8,11-12,15-16H,2-6,9-10,13-14H2,1H3,(H,24,27)(H,29,30). The molecule has 0 amide bonds. The number of H-pyrrole nitrogens is 1. The molecule has 1 aromatic heterocycles. The molecule has 0 spiro atoms. The van der Waals surface area contributed by atoms with Gasteiger partial charge >= 0.3 is 17.1 Å². The quantitative estimate of drug-likeness (QED) is 0.757. The van der Waals surface area contributed by atoms with Crippen molar-refractivity contribution in [1.82, 2.24) is 14.5 Å². The average Bonchev–Trinajstić information content (AvgIpc) is 2.69. The Kier molecular flexibility index (Phi) is 5.90. The molecule has 4 rings (SSSR count). The third kappa shape index (κ3) is 3.74. The molecule has 7 nitrogen and oxygen atoms in total. The number of hydrogen-bond acceptors (Lipinski definition) is 4. The third-order valence-corrected chi connectivity index (χ3v) is 6.67. The number of carboxylic acids is 1. The van der Waals surface area contributed by atoms with E-state index < -0.39 is 17.1 Å². The number of carbonyl (C=O) groups is 1. The van der Waals surface area contributed by atoms with Crippen LogP contribution in [0.1, 0.15) is 58.3 Å². The SMILES string of the molecule is CC1C(C(=O)O)=C(n2c(=O)c(=O)[nH]c3ccccc32)CCN1C1CCCCCCC1. The highest BCUT2D eigenvalue weighted by Gasteiger charge is 2.35. The lowest BCUT2D eigenvalue weighted by molar-refractivity contribution is -0.133. The molecular weight excluding hydrogens is 382 g/mol. The predicted octanol–water partition coefficient (Wildman–Crippen LogP) is 3.19. The van der Waals surface area contributed by atoms with E-state index in [4.69, 9.17) is 0 Å². The van der Waals surface area contributed by atoms with Crippen LogP contribution < -0.4 is 11.1 Å². The fraction of sp³-hybridized carbons (Fsp3) is 0.522. The second-order valence-corrected chi connectivity index (χ2v) is 8.44. The van der Waals surface area contributed by atoms with Crippen LogP contribution in [0.4, 0.5) is 0 Å². The lowest BCUT2D eigenvalue weighted by atomic mass is 9.90. The molecule has 2 N–H and O–H groups in total. The minimum Gasteiger partial charge on any atom is -0.478 e. The highest BCUT2D eigenvalue weighted by atomic mass is 16.4. The van der Waals surface area contributed by atoms with E-state index in [9.17, 15) is 19.5 Å². The molecule has 0 radical (unpaired) electrons. The van der Waals surface area contributed by atoms with Crippen molar-refractivity contribution in [1.29, 1.82) is 0 Å². The summed E-state index contributed by atoms with van der Waals surface area (Å²) in [5.41, 5.74) is 0.248. The Balaban J connectivity index is 1.82. The molecule has 160 valence electrons. The minimum absolute atomic E-state index is 0.223. The number of carboxylic acid groups (broad SMARTS) is 1. The molecule has 2 aliphatic rings. The summed E-state index contributed by atoms with van der Waals surface area (Å²) in [6.07, 6.45) is 8.69. The third-order valence-electron chi connectivity index (χ3n) is 6.67. The van der Waals surface area contributed by atoms with Crippen LogP contribution in [-0.4, -0.2) is 44.2 Å². The number of nitrogens with one attached hydrogen (secondary N) is 1. The van der Waals surface area contributed by atoms with Crippen molar-refractivity contribution in [3.63, 3.8) is 0 Å². The fourth-order valence-electron chi connectivity index (χ4n) is 5.20. The molecule has 1 aromatic carbocycles. The van der Waals surface area contributed by atoms with Gasteiger partial charge in [-0.3, -0.25) is 19.1 Å². The number of nitrogens with zero attached hydrogens (tertiary/aromatic N) is 2. The summed E-state index contributed by atoms with van der Waals surface area (Å²) in [7, 11) is 0. The number of hydrogen-bond donors (Lipinski definition) is 2. The first kappa shape index (κ1) is 20.6. The first-order valence-corrected chi connectivity index (χ1v) is 11.0. The molecule has 0 saturated heterocycles. The number of aromatic amines is 1. The zero-order valence-corrected chi connectivity index (χ0v) is 17.4. The molecule has 7 heteroatoms. The van der Waals surface area contributed by atoms with Crippen LogP contribution in [0.3, 0.4) is 0 Å². The van der Waals surface area contributed by atoms with Gasteiger partial charge in [0.15, 0.2) is 0 Å². The first-order chi connectivity index (χ1) is 14.5. The number of para-hydroxylation sites is 2. The van der Waals surface area contributed by atoms with Crippen LogP contribution >= 0.6 is 0 Å². The molecular formula is C23H29N3O4. The number of aliphatic carboxylic acids is 1. The van der Waals surface area contributed by atoms with Crippen molar-refractivity contribution in [3.05, 3.63) is 50.5 Å². The maximum absolute atomic E-state index is 12.8. The molecule has 1 aliphatic heterocycles. The first-order valence-electron chi connectivity index (χ1n) is 11.0. The van der Waals surface area contributed by atoms with E-state index >= 15 is 0 Å². The van der Waals surface area contributed by atoms with Crippen molar-refractivity contribution in [3.8, 4) is 0 Å². The van der Waals surface area contributed by atoms with Crippen LogP contribution in [0.15, 0.2) is 39.4 Å². The molecule has 1 saturated carbocycles. The molecule has 30 heavy (non-hydrogen) atoms. The lowest BCUT2D eigenvalue weighted by Gasteiger charge is -2.41. The Morgan fingerprint density at radius 1 is 1.07 bits per heavy atom. The summed E-state index contributed by atoms with van der Waals surface area (Å²) in [5, 5.41) is 10.1. The predicted molar refractivity (Wildman–Crippen MR) is 117 cm³/mol. The summed E-state index contributed by atoms with van der Waals surface area (Å²) in [6.45, 7) is 2.60. The molecule has 0 bridgehead atoms. The van der Waals surface area contributed by atoms with Gasteiger partial charge in [-0.2, -0.15) is 0 Å². The largest absolute Gasteiger partial charge is 0.478 e. The molecule has 2 heterocycles. The van der Waals surface area contributed by atoms with Gasteiger partial charge in [0.1, 0.15) is 0 Å². The van der Waals surface area contributed by atoms with Crippen LogP contribution in [0.5, 0.6) is 0 Å². The van der Waals surface area contributed by atoms with Crippen LogP contribution in [0.25, 0.3) is 16.7 Å². The Bertz CT molecular complexity index is 1090. The molecule has 1 unspecified atom stereocenters. The van der Waals surface area contributed by atoms with E-state index in [2.05, 4.69) is 9.88 Å². The van der Waals surface area contributed by atoms with Crippen molar-refractivity contribution in [2.75, 3.05) is 6.54 Å². The summed E-state index contributed by atoms with van der Waals surface area (Å²) in [6, 6.07) is 7.07. The lowest BCUT2D eigenvalue weighted by Crippen LogP contribution is -2.49. The van der Waals surface area contributed by atoms with Crippen molar-refractivity contribution in [2.24, 2.45) is 0 Å².